The Kier molecular flexibility index (Phi) is 11.2. The lowest BCUT2D eigenvalue weighted by Crippen LogP contribution is -2.58. The lowest BCUT2D eigenvalue weighted by molar-refractivity contribution is -0.275. The third kappa shape index (κ3) is 8.76. The summed E-state index contributed by atoms with van der Waals surface area (Å²) in [5.41, 5.74) is 5.38. The SMILES string of the molecule is c1ccc(COCC2OC(c3ccccc3)C(OCc3ccccc3)C(OCc3ccccc3)C2OCc2ccccc2)cc1. The van der Waals surface area contributed by atoms with Crippen molar-refractivity contribution >= 4 is 0 Å². The van der Waals surface area contributed by atoms with E-state index in [1.54, 1.807) is 0 Å². The Morgan fingerprint density at radius 1 is 0.400 bits per heavy atom. The molecule has 0 aromatic heterocycles. The van der Waals surface area contributed by atoms with Crippen molar-refractivity contribution in [2.75, 3.05) is 6.61 Å². The molecule has 1 fully saturated rings. The highest BCUT2D eigenvalue weighted by molar-refractivity contribution is 5.22. The smallest absolute Gasteiger partial charge is 0.117 e. The number of rotatable bonds is 14. The third-order valence-electron chi connectivity index (χ3n) is 8.01. The first-order valence-corrected chi connectivity index (χ1v) is 15.6. The van der Waals surface area contributed by atoms with Crippen LogP contribution in [0.1, 0.15) is 33.9 Å². The van der Waals surface area contributed by atoms with Crippen molar-refractivity contribution in [2.24, 2.45) is 0 Å². The van der Waals surface area contributed by atoms with Crippen molar-refractivity contribution in [3.63, 3.8) is 0 Å². The fourth-order valence-corrected chi connectivity index (χ4v) is 5.70. The summed E-state index contributed by atoms with van der Waals surface area (Å²) in [4.78, 5) is 0. The second-order valence-corrected chi connectivity index (χ2v) is 11.3. The lowest BCUT2D eigenvalue weighted by Gasteiger charge is -2.46. The zero-order valence-electron chi connectivity index (χ0n) is 25.4. The molecular weight excluding hydrogens is 560 g/mol. The molecule has 0 radical (unpaired) electrons. The van der Waals surface area contributed by atoms with Crippen molar-refractivity contribution in [1.82, 2.24) is 0 Å². The van der Waals surface area contributed by atoms with Crippen LogP contribution in [0.15, 0.2) is 152 Å². The highest BCUT2D eigenvalue weighted by atomic mass is 16.6. The van der Waals surface area contributed by atoms with E-state index >= 15 is 0 Å². The Bertz CT molecular complexity index is 1520. The molecule has 5 heteroatoms. The van der Waals surface area contributed by atoms with Crippen molar-refractivity contribution < 1.29 is 23.7 Å². The predicted molar refractivity (Wildman–Crippen MR) is 175 cm³/mol. The van der Waals surface area contributed by atoms with Gasteiger partial charge in [-0.25, -0.2) is 0 Å². The standard InChI is InChI=1S/C40H40O5/c1-6-16-31(17-7-1)26-41-30-36-38(42-27-32-18-8-2-9-19-32)40(44-29-34-22-12-4-13-23-34)39(43-28-33-20-10-3-11-21-33)37(45-36)35-24-14-5-15-25-35/h1-25,36-40H,26-30H2. The highest BCUT2D eigenvalue weighted by Crippen LogP contribution is 2.38. The van der Waals surface area contributed by atoms with Gasteiger partial charge in [-0.2, -0.15) is 0 Å². The zero-order valence-corrected chi connectivity index (χ0v) is 25.4. The Labute approximate surface area is 266 Å². The molecule has 0 amide bonds. The molecule has 230 valence electrons. The first kappa shape index (κ1) is 30.9. The van der Waals surface area contributed by atoms with Crippen LogP contribution >= 0.6 is 0 Å². The van der Waals surface area contributed by atoms with E-state index in [1.807, 2.05) is 91.0 Å². The fraction of sp³-hybridized carbons (Fsp3) is 0.250. The topological polar surface area (TPSA) is 46.2 Å². The minimum absolute atomic E-state index is 0.342. The second kappa shape index (κ2) is 16.3. The van der Waals surface area contributed by atoms with Crippen molar-refractivity contribution in [1.29, 1.82) is 0 Å². The average Bonchev–Trinajstić information content (AvgIpc) is 3.11. The predicted octanol–water partition coefficient (Wildman–Crippen LogP) is 8.10. The summed E-state index contributed by atoms with van der Waals surface area (Å²) in [6.07, 6.45) is -2.13. The molecule has 1 aliphatic heterocycles. The minimum atomic E-state index is -0.453. The number of ether oxygens (including phenoxy) is 5. The van der Waals surface area contributed by atoms with E-state index in [1.165, 1.54) is 0 Å². The molecule has 0 spiro atoms. The quantitative estimate of drug-likeness (QED) is 0.129. The number of hydrogen-bond donors (Lipinski definition) is 0. The van der Waals surface area contributed by atoms with Gasteiger partial charge in [-0.05, 0) is 27.8 Å². The van der Waals surface area contributed by atoms with E-state index in [-0.39, 0.29) is 0 Å². The van der Waals surface area contributed by atoms with Gasteiger partial charge in [-0.15, -0.1) is 0 Å². The van der Waals surface area contributed by atoms with Crippen LogP contribution in [-0.4, -0.2) is 31.0 Å². The van der Waals surface area contributed by atoms with Gasteiger partial charge in [0.2, 0.25) is 0 Å². The molecule has 1 saturated heterocycles. The van der Waals surface area contributed by atoms with Crippen LogP contribution in [0.25, 0.3) is 0 Å². The lowest BCUT2D eigenvalue weighted by atomic mass is 9.90. The summed E-state index contributed by atoms with van der Waals surface area (Å²) in [7, 11) is 0. The summed E-state index contributed by atoms with van der Waals surface area (Å²) in [5.74, 6) is 0. The van der Waals surface area contributed by atoms with Crippen LogP contribution < -0.4 is 0 Å². The van der Waals surface area contributed by atoms with Gasteiger partial charge in [0, 0.05) is 0 Å². The van der Waals surface area contributed by atoms with Crippen molar-refractivity contribution in [2.45, 2.75) is 56.9 Å². The van der Waals surface area contributed by atoms with Gasteiger partial charge >= 0.3 is 0 Å². The van der Waals surface area contributed by atoms with E-state index < -0.39 is 30.5 Å². The first-order valence-electron chi connectivity index (χ1n) is 15.6. The molecule has 5 aromatic rings. The second-order valence-electron chi connectivity index (χ2n) is 11.3. The number of benzene rings is 5. The Morgan fingerprint density at radius 2 is 0.778 bits per heavy atom. The summed E-state index contributed by atoms with van der Waals surface area (Å²) in [5, 5.41) is 0. The Morgan fingerprint density at radius 3 is 1.24 bits per heavy atom. The van der Waals surface area contributed by atoms with E-state index in [0.717, 1.165) is 27.8 Å². The molecule has 5 nitrogen and oxygen atoms in total. The maximum Gasteiger partial charge on any atom is 0.117 e. The normalized spacial score (nSPS) is 21.4. The van der Waals surface area contributed by atoms with Crippen LogP contribution in [0.3, 0.4) is 0 Å². The molecule has 5 unspecified atom stereocenters. The highest BCUT2D eigenvalue weighted by Gasteiger charge is 2.49. The van der Waals surface area contributed by atoms with Gasteiger partial charge in [-0.3, -0.25) is 0 Å². The van der Waals surface area contributed by atoms with Gasteiger partial charge in [-0.1, -0.05) is 152 Å². The number of hydrogen-bond acceptors (Lipinski definition) is 5. The van der Waals surface area contributed by atoms with Crippen LogP contribution in [-0.2, 0) is 50.1 Å². The third-order valence-corrected chi connectivity index (χ3v) is 8.01. The molecule has 1 aliphatic rings. The van der Waals surface area contributed by atoms with Crippen LogP contribution in [0.4, 0.5) is 0 Å². The maximum atomic E-state index is 6.94. The molecule has 5 atom stereocenters. The summed E-state index contributed by atoms with van der Waals surface area (Å²) >= 11 is 0. The van der Waals surface area contributed by atoms with Crippen LogP contribution in [0.2, 0.25) is 0 Å². The van der Waals surface area contributed by atoms with Gasteiger partial charge < -0.3 is 23.7 Å². The van der Waals surface area contributed by atoms with Gasteiger partial charge in [0.25, 0.3) is 0 Å². The fourth-order valence-electron chi connectivity index (χ4n) is 5.70. The maximum absolute atomic E-state index is 6.94. The van der Waals surface area contributed by atoms with Gasteiger partial charge in [0.1, 0.15) is 30.5 Å². The van der Waals surface area contributed by atoms with Crippen molar-refractivity contribution in [3.05, 3.63) is 179 Å². The average molecular weight is 601 g/mol. The molecule has 0 aliphatic carbocycles. The van der Waals surface area contributed by atoms with E-state index in [2.05, 4.69) is 60.7 Å². The van der Waals surface area contributed by atoms with Crippen LogP contribution in [0, 0.1) is 0 Å². The van der Waals surface area contributed by atoms with Gasteiger partial charge in [0.15, 0.2) is 0 Å². The zero-order chi connectivity index (χ0) is 30.5. The molecule has 0 saturated carbocycles. The summed E-state index contributed by atoms with van der Waals surface area (Å²) in [6.45, 7) is 2.07. The van der Waals surface area contributed by atoms with E-state index in [0.29, 0.717) is 33.0 Å². The minimum Gasteiger partial charge on any atom is -0.374 e. The van der Waals surface area contributed by atoms with E-state index in [9.17, 15) is 0 Å². The molecule has 45 heavy (non-hydrogen) atoms. The summed E-state index contributed by atoms with van der Waals surface area (Å²) in [6, 6.07) is 51.1. The molecule has 0 N–H and O–H groups in total. The Hall–Kier alpha value is -4.10. The molecule has 0 bridgehead atoms. The largest absolute Gasteiger partial charge is 0.374 e. The Balaban J connectivity index is 1.32. The van der Waals surface area contributed by atoms with Gasteiger partial charge in [0.05, 0.1) is 33.0 Å². The monoisotopic (exact) mass is 600 g/mol. The molecule has 1 heterocycles. The molecular formula is C40H40O5. The summed E-state index contributed by atoms with van der Waals surface area (Å²) < 4.78 is 33.6. The van der Waals surface area contributed by atoms with Crippen molar-refractivity contribution in [3.8, 4) is 0 Å². The first-order chi connectivity index (χ1) is 22.3. The molecule has 6 rings (SSSR count). The molecule has 5 aromatic carbocycles. The van der Waals surface area contributed by atoms with E-state index in [4.69, 9.17) is 23.7 Å². The van der Waals surface area contributed by atoms with Crippen LogP contribution in [0.5, 0.6) is 0 Å².